The number of rotatable bonds is 5. The first-order chi connectivity index (χ1) is 8.20. The summed E-state index contributed by atoms with van der Waals surface area (Å²) in [5.41, 5.74) is 1.17. The minimum Gasteiger partial charge on any atom is -0.491 e. The number of hydrogen-bond donors (Lipinski definition) is 1. The monoisotopic (exact) mass is 250 g/mol. The van der Waals surface area contributed by atoms with E-state index < -0.39 is 0 Å². The molecule has 0 unspecified atom stereocenters. The first kappa shape index (κ1) is 15.0. The fraction of sp³-hybridized carbons (Fsp3) is 0.667. The molecule has 0 saturated heterocycles. The maximum absolute atomic E-state index is 5.86. The summed E-state index contributed by atoms with van der Waals surface area (Å²) in [5, 5.41) is 3.52. The normalized spacial score (nSPS) is 12.6. The zero-order chi connectivity index (χ0) is 13.8. The van der Waals surface area contributed by atoms with Crippen molar-refractivity contribution in [3.8, 4) is 5.75 Å². The Hall–Kier alpha value is -1.09. The van der Waals surface area contributed by atoms with Crippen LogP contribution in [0, 0.1) is 12.3 Å². The number of pyridine rings is 1. The number of nitrogens with zero attached hydrogens (tertiary/aromatic N) is 1. The number of aromatic nitrogens is 1. The summed E-state index contributed by atoms with van der Waals surface area (Å²) >= 11 is 0. The lowest BCUT2D eigenvalue weighted by atomic mass is 9.93. The Kier molecular flexibility index (Phi) is 4.74. The fourth-order valence-corrected chi connectivity index (χ4v) is 1.45. The van der Waals surface area contributed by atoms with Crippen molar-refractivity contribution in [2.75, 3.05) is 13.2 Å². The third-order valence-electron chi connectivity index (χ3n) is 2.67. The fourth-order valence-electron chi connectivity index (χ4n) is 1.45. The van der Waals surface area contributed by atoms with Gasteiger partial charge in [-0.15, -0.1) is 0 Å². The van der Waals surface area contributed by atoms with Gasteiger partial charge in [-0.2, -0.15) is 0 Å². The molecule has 1 rings (SSSR count). The lowest BCUT2D eigenvalue weighted by molar-refractivity contribution is 0.164. The maximum atomic E-state index is 5.86. The summed E-state index contributed by atoms with van der Waals surface area (Å²) in [6.45, 7) is 14.5. The van der Waals surface area contributed by atoms with Gasteiger partial charge in [0, 0.05) is 23.7 Å². The van der Waals surface area contributed by atoms with Crippen LogP contribution in [0.25, 0.3) is 0 Å². The molecule has 0 spiro atoms. The molecule has 3 nitrogen and oxygen atoms in total. The second kappa shape index (κ2) is 5.70. The van der Waals surface area contributed by atoms with Gasteiger partial charge in [-0.3, -0.25) is 4.98 Å². The third-order valence-corrected chi connectivity index (χ3v) is 2.67. The van der Waals surface area contributed by atoms with Crippen molar-refractivity contribution in [3.05, 3.63) is 24.0 Å². The Labute approximate surface area is 111 Å². The van der Waals surface area contributed by atoms with Crippen molar-refractivity contribution >= 4 is 0 Å². The van der Waals surface area contributed by atoms with Crippen LogP contribution in [0.5, 0.6) is 5.75 Å². The number of ether oxygens (including phenoxy) is 1. The van der Waals surface area contributed by atoms with Crippen LogP contribution >= 0.6 is 0 Å². The number of nitrogens with one attached hydrogen (secondary N) is 1. The van der Waals surface area contributed by atoms with E-state index in [0.717, 1.165) is 18.0 Å². The van der Waals surface area contributed by atoms with E-state index in [4.69, 9.17) is 4.74 Å². The first-order valence-electron chi connectivity index (χ1n) is 6.49. The summed E-state index contributed by atoms with van der Waals surface area (Å²) in [6.07, 6.45) is 1.79. The molecular formula is C15H26N2O. The molecule has 1 aromatic rings. The highest BCUT2D eigenvalue weighted by Gasteiger charge is 2.22. The first-order valence-corrected chi connectivity index (χ1v) is 6.49. The third kappa shape index (κ3) is 5.50. The van der Waals surface area contributed by atoms with Gasteiger partial charge in [0.25, 0.3) is 0 Å². The number of hydrogen-bond acceptors (Lipinski definition) is 3. The van der Waals surface area contributed by atoms with Gasteiger partial charge in [0.15, 0.2) is 0 Å². The molecule has 1 aromatic heterocycles. The van der Waals surface area contributed by atoms with E-state index in [0.29, 0.717) is 6.61 Å². The van der Waals surface area contributed by atoms with Crippen molar-refractivity contribution < 1.29 is 4.74 Å². The summed E-state index contributed by atoms with van der Waals surface area (Å²) in [6, 6.07) is 3.87. The van der Waals surface area contributed by atoms with Crippen molar-refractivity contribution in [2.24, 2.45) is 5.41 Å². The van der Waals surface area contributed by atoms with Gasteiger partial charge in [0.2, 0.25) is 0 Å². The highest BCUT2D eigenvalue weighted by molar-refractivity contribution is 5.25. The smallest absolute Gasteiger partial charge is 0.140 e. The average molecular weight is 250 g/mol. The molecular weight excluding hydrogens is 224 g/mol. The molecule has 18 heavy (non-hydrogen) atoms. The molecule has 0 radical (unpaired) electrons. The number of aryl methyl sites for hydroxylation is 1. The quantitative estimate of drug-likeness (QED) is 0.871. The second-order valence-corrected chi connectivity index (χ2v) is 6.64. The highest BCUT2D eigenvalue weighted by Crippen LogP contribution is 2.20. The van der Waals surface area contributed by atoms with Gasteiger partial charge >= 0.3 is 0 Å². The van der Waals surface area contributed by atoms with E-state index in [9.17, 15) is 0 Å². The van der Waals surface area contributed by atoms with Gasteiger partial charge in [-0.25, -0.2) is 0 Å². The predicted octanol–water partition coefficient (Wildman–Crippen LogP) is 3.18. The molecule has 0 bridgehead atoms. The van der Waals surface area contributed by atoms with E-state index in [1.54, 1.807) is 6.20 Å². The Balaban J connectivity index is 2.49. The lowest BCUT2D eigenvalue weighted by Gasteiger charge is -2.30. The average Bonchev–Trinajstić information content (AvgIpc) is 2.25. The SMILES string of the molecule is Cc1ncccc1OCC(C)(C)CNC(C)(C)C. The molecule has 0 atom stereocenters. The molecule has 0 aromatic carbocycles. The van der Waals surface area contributed by atoms with Gasteiger partial charge in [0.1, 0.15) is 5.75 Å². The Morgan fingerprint density at radius 1 is 1.22 bits per heavy atom. The van der Waals surface area contributed by atoms with Crippen LogP contribution in [-0.4, -0.2) is 23.7 Å². The van der Waals surface area contributed by atoms with Crippen molar-refractivity contribution in [1.82, 2.24) is 10.3 Å². The largest absolute Gasteiger partial charge is 0.491 e. The van der Waals surface area contributed by atoms with E-state index in [2.05, 4.69) is 44.9 Å². The van der Waals surface area contributed by atoms with Crippen molar-refractivity contribution in [1.29, 1.82) is 0 Å². The van der Waals surface area contributed by atoms with Crippen LogP contribution in [0.2, 0.25) is 0 Å². The summed E-state index contributed by atoms with van der Waals surface area (Å²) in [7, 11) is 0. The van der Waals surface area contributed by atoms with E-state index in [-0.39, 0.29) is 11.0 Å². The van der Waals surface area contributed by atoms with Gasteiger partial charge in [-0.05, 0) is 39.8 Å². The molecule has 102 valence electrons. The molecule has 3 heteroatoms. The topological polar surface area (TPSA) is 34.1 Å². The molecule has 0 fully saturated rings. The van der Waals surface area contributed by atoms with Crippen molar-refractivity contribution in [3.63, 3.8) is 0 Å². The zero-order valence-corrected chi connectivity index (χ0v) is 12.5. The predicted molar refractivity (Wildman–Crippen MR) is 76.0 cm³/mol. The maximum Gasteiger partial charge on any atom is 0.140 e. The summed E-state index contributed by atoms with van der Waals surface area (Å²) in [5.74, 6) is 0.876. The van der Waals surface area contributed by atoms with Gasteiger partial charge in [0.05, 0.1) is 12.3 Å². The standard InChI is InChI=1S/C15H26N2O/c1-12-13(8-7-9-16-12)18-11-15(5,6)10-17-14(2,3)4/h7-9,17H,10-11H2,1-6H3. The van der Waals surface area contributed by atoms with E-state index >= 15 is 0 Å². The molecule has 1 N–H and O–H groups in total. The zero-order valence-electron chi connectivity index (χ0n) is 12.5. The Morgan fingerprint density at radius 3 is 2.44 bits per heavy atom. The highest BCUT2D eigenvalue weighted by atomic mass is 16.5. The van der Waals surface area contributed by atoms with Crippen molar-refractivity contribution in [2.45, 2.75) is 47.1 Å². The molecule has 0 saturated carbocycles. The summed E-state index contributed by atoms with van der Waals surface area (Å²) in [4.78, 5) is 4.22. The van der Waals surface area contributed by atoms with Crippen LogP contribution in [0.4, 0.5) is 0 Å². The Morgan fingerprint density at radius 2 is 1.89 bits per heavy atom. The van der Waals surface area contributed by atoms with Crippen LogP contribution in [0.15, 0.2) is 18.3 Å². The molecule has 0 aliphatic carbocycles. The van der Waals surface area contributed by atoms with Gasteiger partial charge in [-0.1, -0.05) is 13.8 Å². The molecule has 0 aliphatic rings. The molecule has 1 heterocycles. The minimum absolute atomic E-state index is 0.0928. The van der Waals surface area contributed by atoms with E-state index in [1.165, 1.54) is 0 Å². The van der Waals surface area contributed by atoms with Crippen LogP contribution in [0.3, 0.4) is 0 Å². The minimum atomic E-state index is 0.0928. The lowest BCUT2D eigenvalue weighted by Crippen LogP contribution is -2.43. The van der Waals surface area contributed by atoms with Crippen LogP contribution < -0.4 is 10.1 Å². The Bertz CT molecular complexity index is 380. The van der Waals surface area contributed by atoms with Crippen LogP contribution in [-0.2, 0) is 0 Å². The molecule has 0 amide bonds. The van der Waals surface area contributed by atoms with E-state index in [1.807, 2.05) is 19.1 Å². The molecule has 0 aliphatic heterocycles. The van der Waals surface area contributed by atoms with Gasteiger partial charge < -0.3 is 10.1 Å². The summed E-state index contributed by atoms with van der Waals surface area (Å²) < 4.78 is 5.86. The second-order valence-electron chi connectivity index (χ2n) is 6.64. The van der Waals surface area contributed by atoms with Crippen LogP contribution in [0.1, 0.15) is 40.3 Å².